The van der Waals surface area contributed by atoms with Gasteiger partial charge in [-0.3, -0.25) is 4.79 Å². The summed E-state index contributed by atoms with van der Waals surface area (Å²) in [6.45, 7) is 11.4. The molecule has 10 nitrogen and oxygen atoms in total. The van der Waals surface area contributed by atoms with Crippen LogP contribution in [-0.2, 0) is 19.1 Å². The SMILES string of the molecule is CC(C)C[C@@H](NC(=O)OC(C)(C)C)C(=O)O.CCOc1cc([C@@H](N)CC(=O)OC)ccc1OC. The first kappa shape index (κ1) is 31.0. The van der Waals surface area contributed by atoms with Crippen molar-refractivity contribution in [1.82, 2.24) is 5.32 Å². The van der Waals surface area contributed by atoms with E-state index in [4.69, 9.17) is 25.1 Å². The highest BCUT2D eigenvalue weighted by Gasteiger charge is 2.24. The summed E-state index contributed by atoms with van der Waals surface area (Å²) in [5, 5.41) is 11.2. The van der Waals surface area contributed by atoms with Gasteiger partial charge in [-0.1, -0.05) is 19.9 Å². The molecule has 34 heavy (non-hydrogen) atoms. The number of hydrogen-bond acceptors (Lipinski definition) is 8. The van der Waals surface area contributed by atoms with Gasteiger partial charge in [-0.2, -0.15) is 0 Å². The van der Waals surface area contributed by atoms with Crippen molar-refractivity contribution in [3.63, 3.8) is 0 Å². The molecule has 1 aromatic rings. The van der Waals surface area contributed by atoms with E-state index in [0.29, 0.717) is 24.5 Å². The number of methoxy groups -OCH3 is 2. The molecule has 4 N–H and O–H groups in total. The van der Waals surface area contributed by atoms with Crippen molar-refractivity contribution in [2.24, 2.45) is 11.7 Å². The van der Waals surface area contributed by atoms with Crippen LogP contribution >= 0.6 is 0 Å². The summed E-state index contributed by atoms with van der Waals surface area (Å²) in [6, 6.07) is 4.07. The average molecular weight is 485 g/mol. The maximum Gasteiger partial charge on any atom is 0.408 e. The van der Waals surface area contributed by atoms with Gasteiger partial charge in [0.05, 0.1) is 27.2 Å². The first-order valence-corrected chi connectivity index (χ1v) is 11.1. The number of alkyl carbamates (subject to hydrolysis) is 1. The topological polar surface area (TPSA) is 146 Å². The number of amides is 1. The number of rotatable bonds is 10. The van der Waals surface area contributed by atoms with E-state index in [1.165, 1.54) is 7.11 Å². The summed E-state index contributed by atoms with van der Waals surface area (Å²) >= 11 is 0. The molecular weight excluding hydrogens is 444 g/mol. The number of esters is 1. The van der Waals surface area contributed by atoms with Gasteiger partial charge in [-0.05, 0) is 57.7 Å². The second-order valence-electron chi connectivity index (χ2n) is 8.90. The lowest BCUT2D eigenvalue weighted by molar-refractivity contribution is -0.141. The van der Waals surface area contributed by atoms with Crippen molar-refractivity contribution < 1.29 is 38.4 Å². The lowest BCUT2D eigenvalue weighted by Crippen LogP contribution is -2.44. The zero-order chi connectivity index (χ0) is 26.5. The molecule has 1 rings (SSSR count). The highest BCUT2D eigenvalue weighted by Crippen LogP contribution is 2.30. The quantitative estimate of drug-likeness (QED) is 0.423. The molecule has 1 amide bonds. The molecule has 1 aromatic carbocycles. The summed E-state index contributed by atoms with van der Waals surface area (Å²) in [5.74, 6) is 0.0792. The van der Waals surface area contributed by atoms with Crippen LogP contribution in [0.3, 0.4) is 0 Å². The van der Waals surface area contributed by atoms with Crippen molar-refractivity contribution in [1.29, 1.82) is 0 Å². The maximum absolute atomic E-state index is 11.4. The van der Waals surface area contributed by atoms with Crippen LogP contribution in [0.1, 0.15) is 66.0 Å². The first-order chi connectivity index (χ1) is 15.7. The van der Waals surface area contributed by atoms with Crippen molar-refractivity contribution in [2.45, 2.75) is 72.1 Å². The van der Waals surface area contributed by atoms with Gasteiger partial charge >= 0.3 is 18.0 Å². The third-order valence-corrected chi connectivity index (χ3v) is 4.23. The van der Waals surface area contributed by atoms with Gasteiger partial charge < -0.3 is 35.1 Å². The molecule has 0 aliphatic heterocycles. The summed E-state index contributed by atoms with van der Waals surface area (Å²) in [6.07, 6.45) is -0.177. The lowest BCUT2D eigenvalue weighted by Gasteiger charge is -2.22. The monoisotopic (exact) mass is 484 g/mol. The number of carboxylic acids is 1. The largest absolute Gasteiger partial charge is 0.493 e. The molecule has 0 spiro atoms. The van der Waals surface area contributed by atoms with Gasteiger partial charge in [0.2, 0.25) is 0 Å². The van der Waals surface area contributed by atoms with Crippen molar-refractivity contribution in [3.8, 4) is 11.5 Å². The fraction of sp³-hybridized carbons (Fsp3) is 0.625. The van der Waals surface area contributed by atoms with Gasteiger partial charge in [-0.25, -0.2) is 9.59 Å². The number of aliphatic carboxylic acids is 1. The highest BCUT2D eigenvalue weighted by atomic mass is 16.6. The molecule has 194 valence electrons. The molecule has 0 saturated heterocycles. The summed E-state index contributed by atoms with van der Waals surface area (Å²) in [4.78, 5) is 33.4. The normalized spacial score (nSPS) is 12.5. The summed E-state index contributed by atoms with van der Waals surface area (Å²) in [5.41, 5.74) is 6.12. The number of nitrogens with one attached hydrogen (secondary N) is 1. The fourth-order valence-electron chi connectivity index (χ4n) is 2.72. The van der Waals surface area contributed by atoms with Crippen LogP contribution in [0.2, 0.25) is 0 Å². The highest BCUT2D eigenvalue weighted by molar-refractivity contribution is 5.80. The molecule has 2 atom stereocenters. The van der Waals surface area contributed by atoms with E-state index in [2.05, 4.69) is 10.1 Å². The van der Waals surface area contributed by atoms with E-state index in [9.17, 15) is 14.4 Å². The molecule has 0 heterocycles. The molecule has 0 radical (unpaired) electrons. The minimum Gasteiger partial charge on any atom is -0.493 e. The van der Waals surface area contributed by atoms with Crippen LogP contribution in [0.15, 0.2) is 18.2 Å². The van der Waals surface area contributed by atoms with Crippen molar-refractivity contribution in [3.05, 3.63) is 23.8 Å². The molecule has 0 bridgehead atoms. The van der Waals surface area contributed by atoms with Crippen molar-refractivity contribution >= 4 is 18.0 Å². The molecule has 0 aromatic heterocycles. The Morgan fingerprint density at radius 2 is 1.74 bits per heavy atom. The van der Waals surface area contributed by atoms with Gasteiger partial charge in [0.1, 0.15) is 11.6 Å². The third kappa shape index (κ3) is 12.9. The fourth-order valence-corrected chi connectivity index (χ4v) is 2.72. The van der Waals surface area contributed by atoms with Crippen LogP contribution in [-0.4, -0.2) is 55.6 Å². The Morgan fingerprint density at radius 1 is 1.12 bits per heavy atom. The molecule has 0 fully saturated rings. The van der Waals surface area contributed by atoms with Crippen LogP contribution in [0.5, 0.6) is 11.5 Å². The number of carbonyl (C=O) groups is 3. The lowest BCUT2D eigenvalue weighted by atomic mass is 10.0. The minimum atomic E-state index is -1.04. The van der Waals surface area contributed by atoms with Gasteiger partial charge in [0.25, 0.3) is 0 Å². The van der Waals surface area contributed by atoms with Gasteiger partial charge in [0, 0.05) is 6.04 Å². The molecule has 0 unspecified atom stereocenters. The Hall–Kier alpha value is -3.01. The van der Waals surface area contributed by atoms with E-state index in [-0.39, 0.29) is 18.3 Å². The van der Waals surface area contributed by atoms with E-state index in [0.717, 1.165) is 5.56 Å². The van der Waals surface area contributed by atoms with E-state index < -0.39 is 29.7 Å². The van der Waals surface area contributed by atoms with E-state index >= 15 is 0 Å². The number of carbonyl (C=O) groups excluding carboxylic acids is 2. The Morgan fingerprint density at radius 3 is 2.18 bits per heavy atom. The smallest absolute Gasteiger partial charge is 0.408 e. The van der Waals surface area contributed by atoms with E-state index in [1.807, 2.05) is 26.8 Å². The van der Waals surface area contributed by atoms with Crippen molar-refractivity contribution in [2.75, 3.05) is 20.8 Å². The number of nitrogens with two attached hydrogens (primary N) is 1. The second-order valence-corrected chi connectivity index (χ2v) is 8.90. The number of ether oxygens (including phenoxy) is 4. The standard InChI is InChI=1S/C13H19NO4.C11H21NO4/c1-4-18-12-7-9(5-6-11(12)16-2)10(14)8-13(15)17-3;1-7(2)6-8(9(13)14)12-10(15)16-11(3,4)5/h5-7,10H,4,8,14H2,1-3H3;7-8H,6H2,1-5H3,(H,12,15)(H,13,14)/t10-;8-/m01/s1. The maximum atomic E-state index is 11.4. The van der Waals surface area contributed by atoms with Gasteiger partial charge in [-0.15, -0.1) is 0 Å². The zero-order valence-electron chi connectivity index (χ0n) is 21.5. The van der Waals surface area contributed by atoms with E-state index in [1.54, 1.807) is 40.0 Å². The Kier molecular flexibility index (Phi) is 13.7. The Labute approximate surface area is 202 Å². The molecule has 0 aliphatic carbocycles. The number of benzene rings is 1. The number of carboxylic acid groups (broad SMARTS) is 1. The first-order valence-electron chi connectivity index (χ1n) is 11.1. The summed E-state index contributed by atoms with van der Waals surface area (Å²) in [7, 11) is 2.92. The third-order valence-electron chi connectivity index (χ3n) is 4.23. The predicted octanol–water partition coefficient (Wildman–Crippen LogP) is 3.67. The van der Waals surface area contributed by atoms with Crippen LogP contribution < -0.4 is 20.5 Å². The summed E-state index contributed by atoms with van der Waals surface area (Å²) < 4.78 is 20.2. The van der Waals surface area contributed by atoms with Crippen LogP contribution in [0.25, 0.3) is 0 Å². The van der Waals surface area contributed by atoms with Gasteiger partial charge in [0.15, 0.2) is 11.5 Å². The Balaban J connectivity index is 0.000000646. The second kappa shape index (κ2) is 15.0. The van der Waals surface area contributed by atoms with Crippen LogP contribution in [0, 0.1) is 5.92 Å². The molecule has 10 heteroatoms. The molecule has 0 aliphatic rings. The predicted molar refractivity (Wildman–Crippen MR) is 128 cm³/mol. The Bertz CT molecular complexity index is 790. The van der Waals surface area contributed by atoms with Crippen LogP contribution in [0.4, 0.5) is 4.79 Å². The zero-order valence-corrected chi connectivity index (χ0v) is 21.5. The minimum absolute atomic E-state index is 0.133. The average Bonchev–Trinajstić information content (AvgIpc) is 2.72. The number of hydrogen-bond donors (Lipinski definition) is 3. The molecular formula is C24H40N2O8. The molecule has 0 saturated carbocycles.